The van der Waals surface area contributed by atoms with Crippen LogP contribution in [0.15, 0.2) is 18.2 Å². The number of imidazole rings is 1. The van der Waals surface area contributed by atoms with Gasteiger partial charge in [0, 0.05) is 6.42 Å². The Morgan fingerprint density at radius 3 is 2.83 bits per heavy atom. The van der Waals surface area contributed by atoms with Crippen molar-refractivity contribution < 1.29 is 19.7 Å². The molecule has 23 heavy (non-hydrogen) atoms. The zero-order valence-corrected chi connectivity index (χ0v) is 13.4. The summed E-state index contributed by atoms with van der Waals surface area (Å²) < 4.78 is 5.40. The van der Waals surface area contributed by atoms with Crippen molar-refractivity contribution in [2.24, 2.45) is 0 Å². The van der Waals surface area contributed by atoms with E-state index in [4.69, 9.17) is 4.74 Å². The number of para-hydroxylation sites is 1. The van der Waals surface area contributed by atoms with Crippen LogP contribution in [0, 0.1) is 0 Å². The molecule has 2 atom stereocenters. The van der Waals surface area contributed by atoms with Crippen molar-refractivity contribution in [3.8, 4) is 5.75 Å². The highest BCUT2D eigenvalue weighted by molar-refractivity contribution is 5.81. The van der Waals surface area contributed by atoms with Gasteiger partial charge in [-0.25, -0.2) is 9.78 Å². The highest BCUT2D eigenvalue weighted by Gasteiger charge is 2.39. The highest BCUT2D eigenvalue weighted by Crippen LogP contribution is 2.34. The number of aliphatic hydroxyl groups is 1. The fraction of sp³-hybridized carbons (Fsp3) is 0.500. The SMILES string of the molecule is CC(C)(C)OC(=O)N1C[C@H](O)C[C@H]1c1nc2c(O)cccc2[nH]1. The number of hydrogen-bond acceptors (Lipinski definition) is 5. The lowest BCUT2D eigenvalue weighted by Crippen LogP contribution is -2.37. The van der Waals surface area contributed by atoms with Gasteiger partial charge in [0.15, 0.2) is 0 Å². The average molecular weight is 319 g/mol. The number of phenols is 1. The molecule has 7 heteroatoms. The summed E-state index contributed by atoms with van der Waals surface area (Å²) in [6.45, 7) is 5.59. The predicted octanol–water partition coefficient (Wildman–Crippen LogP) is 2.31. The lowest BCUT2D eigenvalue weighted by molar-refractivity contribution is 0.0201. The number of nitrogens with one attached hydrogen (secondary N) is 1. The molecule has 2 aromatic rings. The molecule has 1 saturated heterocycles. The van der Waals surface area contributed by atoms with E-state index in [0.717, 1.165) is 0 Å². The number of phenolic OH excluding ortho intramolecular Hbond substituents is 1. The van der Waals surface area contributed by atoms with Gasteiger partial charge in [0.2, 0.25) is 0 Å². The van der Waals surface area contributed by atoms with Crippen molar-refractivity contribution in [3.63, 3.8) is 0 Å². The monoisotopic (exact) mass is 319 g/mol. The standard InChI is InChI=1S/C16H21N3O4/c1-16(2,3)23-15(22)19-8-9(20)7-11(19)14-17-10-5-4-6-12(21)13(10)18-14/h4-6,9,11,20-21H,7-8H2,1-3H3,(H,17,18)/t9-,11+/m1/s1. The number of carbonyl (C=O) groups excluding carboxylic acids is 1. The van der Waals surface area contributed by atoms with Crippen LogP contribution in [-0.2, 0) is 4.74 Å². The number of fused-ring (bicyclic) bond motifs is 1. The molecule has 3 rings (SSSR count). The Hall–Kier alpha value is -2.28. The second-order valence-corrected chi connectivity index (χ2v) is 6.83. The van der Waals surface area contributed by atoms with Crippen LogP contribution >= 0.6 is 0 Å². The second-order valence-electron chi connectivity index (χ2n) is 6.83. The van der Waals surface area contributed by atoms with Crippen LogP contribution in [0.25, 0.3) is 11.0 Å². The van der Waals surface area contributed by atoms with E-state index in [9.17, 15) is 15.0 Å². The predicted molar refractivity (Wildman–Crippen MR) is 84.1 cm³/mol. The van der Waals surface area contributed by atoms with Crippen LogP contribution in [0.5, 0.6) is 5.75 Å². The van der Waals surface area contributed by atoms with E-state index in [2.05, 4.69) is 9.97 Å². The zero-order chi connectivity index (χ0) is 16.8. The van der Waals surface area contributed by atoms with Gasteiger partial charge in [-0.3, -0.25) is 4.90 Å². The molecule has 7 nitrogen and oxygen atoms in total. The van der Waals surface area contributed by atoms with Gasteiger partial charge in [-0.15, -0.1) is 0 Å². The Morgan fingerprint density at radius 1 is 1.43 bits per heavy atom. The Labute approximate surface area is 133 Å². The summed E-state index contributed by atoms with van der Waals surface area (Å²) in [4.78, 5) is 21.4. The van der Waals surface area contributed by atoms with E-state index in [-0.39, 0.29) is 12.3 Å². The number of β-amino-alcohol motifs (C(OH)–C–C–N with tert-alkyl or cyclic N) is 1. The van der Waals surface area contributed by atoms with E-state index < -0.39 is 23.8 Å². The van der Waals surface area contributed by atoms with Crippen molar-refractivity contribution in [1.29, 1.82) is 0 Å². The molecule has 1 aliphatic rings. The van der Waals surface area contributed by atoms with Gasteiger partial charge in [0.05, 0.1) is 24.2 Å². The molecule has 0 radical (unpaired) electrons. The molecular weight excluding hydrogens is 298 g/mol. The minimum absolute atomic E-state index is 0.0763. The number of likely N-dealkylation sites (tertiary alicyclic amines) is 1. The van der Waals surface area contributed by atoms with Crippen molar-refractivity contribution in [3.05, 3.63) is 24.0 Å². The number of rotatable bonds is 1. The Bertz CT molecular complexity index is 734. The number of aromatic hydroxyl groups is 1. The lowest BCUT2D eigenvalue weighted by Gasteiger charge is -2.27. The number of carbonyl (C=O) groups is 1. The molecule has 0 saturated carbocycles. The molecule has 0 bridgehead atoms. The topological polar surface area (TPSA) is 98.7 Å². The highest BCUT2D eigenvalue weighted by atomic mass is 16.6. The fourth-order valence-corrected chi connectivity index (χ4v) is 2.79. The molecule has 1 amide bonds. The van der Waals surface area contributed by atoms with Gasteiger partial charge in [-0.2, -0.15) is 0 Å². The number of nitrogens with zero attached hydrogens (tertiary/aromatic N) is 2. The number of hydrogen-bond donors (Lipinski definition) is 3. The van der Waals surface area contributed by atoms with Crippen LogP contribution in [0.3, 0.4) is 0 Å². The van der Waals surface area contributed by atoms with Gasteiger partial charge in [0.25, 0.3) is 0 Å². The number of aliphatic hydroxyl groups excluding tert-OH is 1. The van der Waals surface area contributed by atoms with Gasteiger partial charge in [-0.05, 0) is 32.9 Å². The molecule has 2 heterocycles. The third kappa shape index (κ3) is 3.10. The molecular formula is C16H21N3O4. The Morgan fingerprint density at radius 2 is 2.17 bits per heavy atom. The van der Waals surface area contributed by atoms with Gasteiger partial charge >= 0.3 is 6.09 Å². The summed E-state index contributed by atoms with van der Waals surface area (Å²) in [6.07, 6.45) is -0.738. The van der Waals surface area contributed by atoms with Crippen molar-refractivity contribution >= 4 is 17.1 Å². The largest absolute Gasteiger partial charge is 0.506 e. The van der Waals surface area contributed by atoms with E-state index in [1.807, 2.05) is 0 Å². The third-order valence-electron chi connectivity index (χ3n) is 3.73. The van der Waals surface area contributed by atoms with Crippen LogP contribution in [0.1, 0.15) is 39.1 Å². The first kappa shape index (κ1) is 15.6. The lowest BCUT2D eigenvalue weighted by atomic mass is 10.2. The van der Waals surface area contributed by atoms with Crippen LogP contribution in [-0.4, -0.2) is 49.4 Å². The smallest absolute Gasteiger partial charge is 0.411 e. The first-order valence-corrected chi connectivity index (χ1v) is 7.60. The number of benzene rings is 1. The fourth-order valence-electron chi connectivity index (χ4n) is 2.79. The maximum absolute atomic E-state index is 12.4. The molecule has 1 fully saturated rings. The number of amides is 1. The molecule has 0 spiro atoms. The summed E-state index contributed by atoms with van der Waals surface area (Å²) in [6, 6.07) is 4.66. The number of H-pyrrole nitrogens is 1. The summed E-state index contributed by atoms with van der Waals surface area (Å²) in [5, 5.41) is 19.8. The second kappa shape index (κ2) is 5.42. The van der Waals surface area contributed by atoms with Crippen molar-refractivity contribution in [2.45, 2.75) is 44.9 Å². The van der Waals surface area contributed by atoms with Crippen molar-refractivity contribution in [2.75, 3.05) is 6.54 Å². The molecule has 0 aliphatic carbocycles. The number of ether oxygens (including phenoxy) is 1. The third-order valence-corrected chi connectivity index (χ3v) is 3.73. The normalized spacial score (nSPS) is 21.8. The van der Waals surface area contributed by atoms with Crippen LogP contribution < -0.4 is 0 Å². The summed E-state index contributed by atoms with van der Waals surface area (Å²) >= 11 is 0. The minimum Gasteiger partial charge on any atom is -0.506 e. The molecule has 1 aliphatic heterocycles. The van der Waals surface area contributed by atoms with Crippen LogP contribution in [0.4, 0.5) is 4.79 Å². The first-order valence-electron chi connectivity index (χ1n) is 7.60. The van der Waals surface area contributed by atoms with Crippen molar-refractivity contribution in [1.82, 2.24) is 14.9 Å². The van der Waals surface area contributed by atoms with E-state index in [1.54, 1.807) is 39.0 Å². The van der Waals surface area contributed by atoms with Gasteiger partial charge in [0.1, 0.15) is 22.7 Å². The Kier molecular flexibility index (Phi) is 3.68. The number of aromatic nitrogens is 2. The van der Waals surface area contributed by atoms with Gasteiger partial charge in [-0.1, -0.05) is 6.07 Å². The molecule has 1 aromatic heterocycles. The Balaban J connectivity index is 1.92. The zero-order valence-electron chi connectivity index (χ0n) is 13.4. The van der Waals surface area contributed by atoms with Crippen LogP contribution in [0.2, 0.25) is 0 Å². The quantitative estimate of drug-likeness (QED) is 0.749. The molecule has 124 valence electrons. The molecule has 0 unspecified atom stereocenters. The minimum atomic E-state index is -0.630. The average Bonchev–Trinajstić information content (AvgIpc) is 3.00. The van der Waals surface area contributed by atoms with E-state index in [1.165, 1.54) is 4.90 Å². The molecule has 1 aromatic carbocycles. The maximum atomic E-state index is 12.4. The summed E-state index contributed by atoms with van der Waals surface area (Å²) in [5.74, 6) is 0.608. The summed E-state index contributed by atoms with van der Waals surface area (Å²) in [5.41, 5.74) is 0.528. The first-order chi connectivity index (χ1) is 10.7. The van der Waals surface area contributed by atoms with E-state index >= 15 is 0 Å². The van der Waals surface area contributed by atoms with Gasteiger partial charge < -0.3 is 19.9 Å². The van der Waals surface area contributed by atoms with E-state index in [0.29, 0.717) is 23.3 Å². The number of aromatic amines is 1. The summed E-state index contributed by atoms with van der Waals surface area (Å²) in [7, 11) is 0. The maximum Gasteiger partial charge on any atom is 0.411 e. The molecule has 3 N–H and O–H groups in total.